The Bertz CT molecular complexity index is 283. The van der Waals surface area contributed by atoms with Gasteiger partial charge in [-0.25, -0.2) is 4.79 Å². The Balaban J connectivity index is 2.27. The van der Waals surface area contributed by atoms with Crippen molar-refractivity contribution in [2.75, 3.05) is 13.7 Å². The van der Waals surface area contributed by atoms with E-state index in [0.29, 0.717) is 0 Å². The number of hydrogen-bond acceptors (Lipinski definition) is 3. The second-order valence-electron chi connectivity index (χ2n) is 4.41. The molecule has 0 spiro atoms. The summed E-state index contributed by atoms with van der Waals surface area (Å²) in [5.74, 6) is -1.50. The first kappa shape index (κ1) is 13.8. The van der Waals surface area contributed by atoms with Gasteiger partial charge < -0.3 is 20.5 Å². The molecule has 0 radical (unpaired) electrons. The van der Waals surface area contributed by atoms with Crippen LogP contribution in [0.4, 0.5) is 4.79 Å². The average molecular weight is 244 g/mol. The largest absolute Gasteiger partial charge is 0.481 e. The van der Waals surface area contributed by atoms with E-state index in [1.165, 1.54) is 0 Å². The van der Waals surface area contributed by atoms with E-state index in [1.807, 2.05) is 0 Å². The average Bonchev–Trinajstić information content (AvgIpc) is 2.72. The maximum Gasteiger partial charge on any atom is 0.315 e. The summed E-state index contributed by atoms with van der Waals surface area (Å²) in [5, 5.41) is 14.0. The molecule has 0 aromatic rings. The van der Waals surface area contributed by atoms with Crippen molar-refractivity contribution in [1.82, 2.24) is 10.6 Å². The summed E-state index contributed by atoms with van der Waals surface area (Å²) < 4.78 is 5.25. The van der Waals surface area contributed by atoms with Crippen molar-refractivity contribution in [2.45, 2.75) is 38.3 Å². The molecule has 1 saturated carbocycles. The molecule has 1 aliphatic rings. The van der Waals surface area contributed by atoms with E-state index in [0.717, 1.165) is 19.3 Å². The van der Waals surface area contributed by atoms with Crippen molar-refractivity contribution >= 4 is 12.0 Å². The van der Waals surface area contributed by atoms with Gasteiger partial charge in [0.15, 0.2) is 0 Å². The third-order valence-corrected chi connectivity index (χ3v) is 3.06. The summed E-state index contributed by atoms with van der Waals surface area (Å²) in [6.45, 7) is 1.68. The fourth-order valence-corrected chi connectivity index (χ4v) is 1.93. The number of urea groups is 1. The lowest BCUT2D eigenvalue weighted by Crippen LogP contribution is -2.47. The van der Waals surface area contributed by atoms with Gasteiger partial charge in [0, 0.05) is 13.7 Å². The first-order valence-electron chi connectivity index (χ1n) is 5.84. The van der Waals surface area contributed by atoms with Crippen LogP contribution in [0, 0.1) is 5.92 Å². The summed E-state index contributed by atoms with van der Waals surface area (Å²) in [6.07, 6.45) is 2.96. The number of carboxylic acids is 1. The Kier molecular flexibility index (Phi) is 5.21. The van der Waals surface area contributed by atoms with Crippen LogP contribution in [-0.2, 0) is 9.53 Å². The topological polar surface area (TPSA) is 87.7 Å². The molecule has 0 aromatic heterocycles. The molecule has 6 nitrogen and oxygen atoms in total. The van der Waals surface area contributed by atoms with Crippen molar-refractivity contribution in [1.29, 1.82) is 0 Å². The van der Waals surface area contributed by atoms with Gasteiger partial charge >= 0.3 is 12.0 Å². The Labute approximate surface area is 101 Å². The SMILES string of the molecule is COC1CCCC1NC(=O)NCC(C)C(=O)O. The minimum absolute atomic E-state index is 0.0279. The maximum atomic E-state index is 11.5. The Hall–Kier alpha value is -1.30. The number of methoxy groups -OCH3 is 1. The van der Waals surface area contributed by atoms with Crippen LogP contribution < -0.4 is 10.6 Å². The number of nitrogens with one attached hydrogen (secondary N) is 2. The summed E-state index contributed by atoms with van der Waals surface area (Å²) in [7, 11) is 1.63. The van der Waals surface area contributed by atoms with Gasteiger partial charge in [-0.1, -0.05) is 6.92 Å². The van der Waals surface area contributed by atoms with Gasteiger partial charge in [-0.2, -0.15) is 0 Å². The van der Waals surface area contributed by atoms with E-state index in [9.17, 15) is 9.59 Å². The number of hydrogen-bond donors (Lipinski definition) is 3. The number of amides is 2. The Morgan fingerprint density at radius 1 is 1.47 bits per heavy atom. The molecule has 0 aromatic carbocycles. The number of carboxylic acid groups (broad SMARTS) is 1. The van der Waals surface area contributed by atoms with Crippen LogP contribution in [0.1, 0.15) is 26.2 Å². The molecule has 3 unspecified atom stereocenters. The van der Waals surface area contributed by atoms with E-state index in [-0.39, 0.29) is 24.7 Å². The maximum absolute atomic E-state index is 11.5. The zero-order chi connectivity index (χ0) is 12.8. The van der Waals surface area contributed by atoms with Gasteiger partial charge in [-0.05, 0) is 19.3 Å². The molecule has 0 saturated heterocycles. The lowest BCUT2D eigenvalue weighted by atomic mass is 10.2. The molecule has 0 aliphatic heterocycles. The molecule has 98 valence electrons. The second-order valence-corrected chi connectivity index (χ2v) is 4.41. The van der Waals surface area contributed by atoms with Crippen molar-refractivity contribution < 1.29 is 19.4 Å². The summed E-state index contributed by atoms with van der Waals surface area (Å²) >= 11 is 0. The number of aliphatic carboxylic acids is 1. The molecular weight excluding hydrogens is 224 g/mol. The zero-order valence-corrected chi connectivity index (χ0v) is 10.2. The quantitative estimate of drug-likeness (QED) is 0.660. The lowest BCUT2D eigenvalue weighted by molar-refractivity contribution is -0.140. The predicted molar refractivity (Wildman–Crippen MR) is 61.8 cm³/mol. The van der Waals surface area contributed by atoms with E-state index in [4.69, 9.17) is 9.84 Å². The molecule has 3 N–H and O–H groups in total. The number of rotatable bonds is 5. The highest BCUT2D eigenvalue weighted by Gasteiger charge is 2.28. The van der Waals surface area contributed by atoms with Crippen molar-refractivity contribution in [2.24, 2.45) is 5.92 Å². The zero-order valence-electron chi connectivity index (χ0n) is 10.2. The van der Waals surface area contributed by atoms with Gasteiger partial charge in [0.25, 0.3) is 0 Å². The van der Waals surface area contributed by atoms with E-state index in [1.54, 1.807) is 14.0 Å². The van der Waals surface area contributed by atoms with Crippen LogP contribution in [0.5, 0.6) is 0 Å². The van der Waals surface area contributed by atoms with Crippen molar-refractivity contribution in [3.63, 3.8) is 0 Å². The lowest BCUT2D eigenvalue weighted by Gasteiger charge is -2.20. The van der Waals surface area contributed by atoms with Crippen LogP contribution in [0.2, 0.25) is 0 Å². The van der Waals surface area contributed by atoms with Crippen LogP contribution in [0.3, 0.4) is 0 Å². The summed E-state index contributed by atoms with van der Waals surface area (Å²) in [4.78, 5) is 22.1. The molecule has 17 heavy (non-hydrogen) atoms. The standard InChI is InChI=1S/C11H20N2O4/c1-7(10(14)15)6-12-11(16)13-8-4-3-5-9(8)17-2/h7-9H,3-6H2,1-2H3,(H,14,15)(H2,12,13,16). The Morgan fingerprint density at radius 3 is 2.76 bits per heavy atom. The smallest absolute Gasteiger partial charge is 0.315 e. The monoisotopic (exact) mass is 244 g/mol. The second kappa shape index (κ2) is 6.44. The minimum atomic E-state index is -0.916. The molecule has 1 fully saturated rings. The third-order valence-electron chi connectivity index (χ3n) is 3.06. The molecule has 1 rings (SSSR count). The molecule has 2 amide bonds. The van der Waals surface area contributed by atoms with Crippen LogP contribution in [0.15, 0.2) is 0 Å². The molecule has 3 atom stereocenters. The summed E-state index contributed by atoms with van der Waals surface area (Å²) in [5.41, 5.74) is 0. The van der Waals surface area contributed by atoms with Gasteiger partial charge in [0.1, 0.15) is 0 Å². The summed E-state index contributed by atoms with van der Waals surface area (Å²) in [6, 6.07) is -0.299. The van der Waals surface area contributed by atoms with Gasteiger partial charge in [-0.3, -0.25) is 4.79 Å². The molecule has 0 bridgehead atoms. The number of ether oxygens (including phenoxy) is 1. The van der Waals surface area contributed by atoms with Crippen LogP contribution >= 0.6 is 0 Å². The normalized spacial score (nSPS) is 25.3. The molecule has 0 heterocycles. The van der Waals surface area contributed by atoms with Gasteiger partial charge in [0.2, 0.25) is 0 Å². The fourth-order valence-electron chi connectivity index (χ4n) is 1.93. The third kappa shape index (κ3) is 4.22. The van der Waals surface area contributed by atoms with E-state index < -0.39 is 11.9 Å². The first-order valence-corrected chi connectivity index (χ1v) is 5.84. The van der Waals surface area contributed by atoms with E-state index >= 15 is 0 Å². The molecule has 1 aliphatic carbocycles. The van der Waals surface area contributed by atoms with Gasteiger partial charge in [0.05, 0.1) is 18.1 Å². The Morgan fingerprint density at radius 2 is 2.18 bits per heavy atom. The minimum Gasteiger partial charge on any atom is -0.481 e. The molecular formula is C11H20N2O4. The number of carbonyl (C=O) groups excluding carboxylic acids is 1. The van der Waals surface area contributed by atoms with Crippen molar-refractivity contribution in [3.8, 4) is 0 Å². The molecule has 6 heteroatoms. The number of carbonyl (C=O) groups is 2. The highest BCUT2D eigenvalue weighted by molar-refractivity contribution is 5.76. The highest BCUT2D eigenvalue weighted by Crippen LogP contribution is 2.21. The van der Waals surface area contributed by atoms with Gasteiger partial charge in [-0.15, -0.1) is 0 Å². The van der Waals surface area contributed by atoms with Crippen molar-refractivity contribution in [3.05, 3.63) is 0 Å². The highest BCUT2D eigenvalue weighted by atomic mass is 16.5. The van der Waals surface area contributed by atoms with Crippen LogP contribution in [0.25, 0.3) is 0 Å². The van der Waals surface area contributed by atoms with Crippen LogP contribution in [-0.4, -0.2) is 42.9 Å². The predicted octanol–water partition coefficient (Wildman–Crippen LogP) is 0.574. The first-order chi connectivity index (χ1) is 8.04. The fraction of sp³-hybridized carbons (Fsp3) is 0.818. The van der Waals surface area contributed by atoms with E-state index in [2.05, 4.69) is 10.6 Å².